The van der Waals surface area contributed by atoms with Crippen LogP contribution in [0, 0.1) is 0 Å². The van der Waals surface area contributed by atoms with E-state index in [0.717, 1.165) is 17.7 Å². The topological polar surface area (TPSA) is 47.6 Å². The molecule has 1 amide bonds. The molecule has 0 heterocycles. The van der Waals surface area contributed by atoms with Crippen LogP contribution >= 0.6 is 0 Å². The van der Waals surface area contributed by atoms with E-state index in [1.54, 1.807) is 24.3 Å². The molecule has 0 bridgehead atoms. The Balaban J connectivity index is 2.01. The van der Waals surface area contributed by atoms with Gasteiger partial charge in [-0.25, -0.2) is 0 Å². The molecule has 0 saturated heterocycles. The van der Waals surface area contributed by atoms with Gasteiger partial charge < -0.3 is 14.8 Å². The predicted octanol–water partition coefficient (Wildman–Crippen LogP) is 3.78. The minimum atomic E-state index is -4.77. The monoisotopic (exact) mass is 325 g/mol. The van der Waals surface area contributed by atoms with Crippen molar-refractivity contribution in [1.82, 2.24) is 0 Å². The van der Waals surface area contributed by atoms with Gasteiger partial charge in [0, 0.05) is 11.8 Å². The van der Waals surface area contributed by atoms with Crippen molar-refractivity contribution in [2.24, 2.45) is 0 Å². The van der Waals surface area contributed by atoms with Gasteiger partial charge in [-0.3, -0.25) is 4.79 Å². The van der Waals surface area contributed by atoms with Crippen molar-refractivity contribution < 1.29 is 27.4 Å². The quantitative estimate of drug-likeness (QED) is 0.910. The van der Waals surface area contributed by atoms with Gasteiger partial charge >= 0.3 is 6.36 Å². The lowest BCUT2D eigenvalue weighted by atomic mass is 10.1. The number of halogens is 3. The van der Waals surface area contributed by atoms with E-state index >= 15 is 0 Å². The summed E-state index contributed by atoms with van der Waals surface area (Å²) in [5, 5.41) is 2.53. The molecule has 0 aliphatic carbocycles. The molecule has 4 nitrogen and oxygen atoms in total. The Bertz CT molecular complexity index is 686. The standard InChI is InChI=1S/C16H14F3NO3/c1-22-13-6-2-4-11(8-13)9-15(21)20-12-5-3-7-14(10-12)23-16(17,18)19/h2-8,10H,9H2,1H3,(H,20,21). The van der Waals surface area contributed by atoms with E-state index in [2.05, 4.69) is 10.1 Å². The third-order valence-electron chi connectivity index (χ3n) is 2.85. The zero-order chi connectivity index (χ0) is 16.9. The second-order valence-corrected chi connectivity index (χ2v) is 4.65. The highest BCUT2D eigenvalue weighted by molar-refractivity contribution is 5.92. The van der Waals surface area contributed by atoms with Crippen LogP contribution in [0.25, 0.3) is 0 Å². The predicted molar refractivity (Wildman–Crippen MR) is 78.5 cm³/mol. The minimum Gasteiger partial charge on any atom is -0.497 e. The van der Waals surface area contributed by atoms with Gasteiger partial charge in [0.15, 0.2) is 0 Å². The maximum Gasteiger partial charge on any atom is 0.573 e. The number of methoxy groups -OCH3 is 1. The second kappa shape index (κ2) is 7.04. The summed E-state index contributed by atoms with van der Waals surface area (Å²) in [6.45, 7) is 0. The van der Waals surface area contributed by atoms with Gasteiger partial charge in [0.05, 0.1) is 13.5 Å². The minimum absolute atomic E-state index is 0.0710. The summed E-state index contributed by atoms with van der Waals surface area (Å²) < 4.78 is 45.4. The van der Waals surface area contributed by atoms with Gasteiger partial charge in [0.2, 0.25) is 5.91 Å². The smallest absolute Gasteiger partial charge is 0.497 e. The number of ether oxygens (including phenoxy) is 2. The molecule has 2 aromatic carbocycles. The first-order chi connectivity index (χ1) is 10.9. The Kier molecular flexibility index (Phi) is 5.10. The Morgan fingerprint density at radius 2 is 1.78 bits per heavy atom. The molecule has 0 radical (unpaired) electrons. The molecule has 0 aliphatic rings. The molecule has 1 N–H and O–H groups in total. The van der Waals surface area contributed by atoms with Gasteiger partial charge in [0.1, 0.15) is 11.5 Å². The third kappa shape index (κ3) is 5.54. The van der Waals surface area contributed by atoms with E-state index in [-0.39, 0.29) is 18.0 Å². The number of amides is 1. The molecule has 2 aromatic rings. The Morgan fingerprint density at radius 3 is 2.48 bits per heavy atom. The lowest BCUT2D eigenvalue weighted by molar-refractivity contribution is -0.274. The van der Waals surface area contributed by atoms with Crippen molar-refractivity contribution in [1.29, 1.82) is 0 Å². The van der Waals surface area contributed by atoms with Crippen LogP contribution in [-0.2, 0) is 11.2 Å². The zero-order valence-electron chi connectivity index (χ0n) is 12.2. The lowest BCUT2D eigenvalue weighted by Gasteiger charge is -2.11. The molecule has 0 fully saturated rings. The fraction of sp³-hybridized carbons (Fsp3) is 0.188. The Hall–Kier alpha value is -2.70. The Labute approximate surface area is 130 Å². The summed E-state index contributed by atoms with van der Waals surface area (Å²) in [7, 11) is 1.52. The van der Waals surface area contributed by atoms with Crippen LogP contribution in [0.3, 0.4) is 0 Å². The largest absolute Gasteiger partial charge is 0.573 e. The second-order valence-electron chi connectivity index (χ2n) is 4.65. The molecule has 0 spiro atoms. The number of hydrogen-bond acceptors (Lipinski definition) is 3. The summed E-state index contributed by atoms with van der Waals surface area (Å²) >= 11 is 0. The number of benzene rings is 2. The van der Waals surface area contributed by atoms with Crippen LogP contribution in [0.2, 0.25) is 0 Å². The van der Waals surface area contributed by atoms with E-state index in [4.69, 9.17) is 4.74 Å². The molecule has 0 saturated carbocycles. The van der Waals surface area contributed by atoms with E-state index in [1.807, 2.05) is 0 Å². The maximum absolute atomic E-state index is 12.2. The van der Waals surface area contributed by atoms with Crippen molar-refractivity contribution in [3.05, 3.63) is 54.1 Å². The summed E-state index contributed by atoms with van der Waals surface area (Å²) in [5.41, 5.74) is 0.948. The molecule has 0 unspecified atom stereocenters. The van der Waals surface area contributed by atoms with Gasteiger partial charge in [-0.1, -0.05) is 18.2 Å². The van der Waals surface area contributed by atoms with E-state index in [0.29, 0.717) is 5.75 Å². The SMILES string of the molecule is COc1cccc(CC(=O)Nc2cccc(OC(F)(F)F)c2)c1. The summed E-state index contributed by atoms with van der Waals surface area (Å²) in [6.07, 6.45) is -4.70. The van der Waals surface area contributed by atoms with Crippen LogP contribution in [0.4, 0.5) is 18.9 Å². The Morgan fingerprint density at radius 1 is 1.09 bits per heavy atom. The van der Waals surface area contributed by atoms with E-state index in [9.17, 15) is 18.0 Å². The molecule has 0 aliphatic heterocycles. The number of rotatable bonds is 5. The van der Waals surface area contributed by atoms with Crippen LogP contribution in [-0.4, -0.2) is 19.4 Å². The third-order valence-corrected chi connectivity index (χ3v) is 2.85. The summed E-state index contributed by atoms with van der Waals surface area (Å²) in [4.78, 5) is 12.0. The molecule has 2 rings (SSSR count). The molecule has 122 valence electrons. The number of carbonyl (C=O) groups is 1. The van der Waals surface area contributed by atoms with Crippen LogP contribution in [0.15, 0.2) is 48.5 Å². The zero-order valence-corrected chi connectivity index (χ0v) is 12.2. The highest BCUT2D eigenvalue weighted by atomic mass is 19.4. The van der Waals surface area contributed by atoms with Crippen molar-refractivity contribution >= 4 is 11.6 Å². The number of hydrogen-bond donors (Lipinski definition) is 1. The molecule has 0 aromatic heterocycles. The normalized spacial score (nSPS) is 11.0. The summed E-state index contributed by atoms with van der Waals surface area (Å²) in [5.74, 6) is -0.130. The first kappa shape index (κ1) is 16.7. The van der Waals surface area contributed by atoms with Gasteiger partial charge in [-0.05, 0) is 29.8 Å². The fourth-order valence-corrected chi connectivity index (χ4v) is 1.94. The fourth-order valence-electron chi connectivity index (χ4n) is 1.94. The van der Waals surface area contributed by atoms with Crippen molar-refractivity contribution in [3.8, 4) is 11.5 Å². The number of anilines is 1. The highest BCUT2D eigenvalue weighted by Crippen LogP contribution is 2.25. The van der Waals surface area contributed by atoms with Gasteiger partial charge in [-0.2, -0.15) is 0 Å². The highest BCUT2D eigenvalue weighted by Gasteiger charge is 2.31. The first-order valence-electron chi connectivity index (χ1n) is 6.64. The van der Waals surface area contributed by atoms with E-state index < -0.39 is 12.1 Å². The molecular weight excluding hydrogens is 311 g/mol. The molecule has 7 heteroatoms. The summed E-state index contributed by atoms with van der Waals surface area (Å²) in [6, 6.07) is 12.1. The first-order valence-corrected chi connectivity index (χ1v) is 6.64. The van der Waals surface area contributed by atoms with Gasteiger partial charge in [-0.15, -0.1) is 13.2 Å². The average molecular weight is 325 g/mol. The number of nitrogens with one attached hydrogen (secondary N) is 1. The number of carbonyl (C=O) groups excluding carboxylic acids is 1. The van der Waals surface area contributed by atoms with Crippen molar-refractivity contribution in [3.63, 3.8) is 0 Å². The van der Waals surface area contributed by atoms with Gasteiger partial charge in [0.25, 0.3) is 0 Å². The van der Waals surface area contributed by atoms with Crippen molar-refractivity contribution in [2.45, 2.75) is 12.8 Å². The molecule has 0 atom stereocenters. The van der Waals surface area contributed by atoms with Crippen LogP contribution in [0.1, 0.15) is 5.56 Å². The van der Waals surface area contributed by atoms with Crippen LogP contribution in [0.5, 0.6) is 11.5 Å². The van der Waals surface area contributed by atoms with Crippen LogP contribution < -0.4 is 14.8 Å². The molecule has 23 heavy (non-hydrogen) atoms. The number of alkyl halides is 3. The average Bonchev–Trinajstić information content (AvgIpc) is 2.45. The molecular formula is C16H14F3NO3. The maximum atomic E-state index is 12.2. The lowest BCUT2D eigenvalue weighted by Crippen LogP contribution is -2.18. The van der Waals surface area contributed by atoms with E-state index in [1.165, 1.54) is 19.2 Å². The van der Waals surface area contributed by atoms with Crippen molar-refractivity contribution in [2.75, 3.05) is 12.4 Å².